The lowest BCUT2D eigenvalue weighted by Gasteiger charge is -2.42. The van der Waals surface area contributed by atoms with Gasteiger partial charge in [0, 0.05) is 45.3 Å². The van der Waals surface area contributed by atoms with Crippen molar-refractivity contribution in [1.29, 1.82) is 0 Å². The molecule has 2 rings (SSSR count). The minimum absolute atomic E-state index is 0.443. The number of hydrogen-bond donors (Lipinski definition) is 1. The molecule has 1 saturated heterocycles. The van der Waals surface area contributed by atoms with Gasteiger partial charge in [-0.2, -0.15) is 0 Å². The second-order valence-corrected chi connectivity index (χ2v) is 7.34. The molecule has 0 aromatic carbocycles. The molecule has 0 bridgehead atoms. The van der Waals surface area contributed by atoms with Crippen molar-refractivity contribution in [3.8, 4) is 0 Å². The van der Waals surface area contributed by atoms with Crippen molar-refractivity contribution < 1.29 is 0 Å². The number of hydrogen-bond acceptors (Lipinski definition) is 3. The molecule has 20 heavy (non-hydrogen) atoms. The second kappa shape index (κ2) is 7.77. The third-order valence-electron chi connectivity index (χ3n) is 5.31. The quantitative estimate of drug-likeness (QED) is 0.774. The van der Waals surface area contributed by atoms with Crippen LogP contribution in [0.25, 0.3) is 0 Å². The highest BCUT2D eigenvalue weighted by molar-refractivity contribution is 4.86. The van der Waals surface area contributed by atoms with Crippen LogP contribution in [0.15, 0.2) is 0 Å². The van der Waals surface area contributed by atoms with E-state index in [-0.39, 0.29) is 0 Å². The molecule has 1 N–H and O–H groups in total. The summed E-state index contributed by atoms with van der Waals surface area (Å²) in [4.78, 5) is 5.47. The molecule has 1 heterocycles. The number of nitrogens with one attached hydrogen (secondary N) is 1. The van der Waals surface area contributed by atoms with Crippen molar-refractivity contribution in [3.05, 3.63) is 0 Å². The SMILES string of the molecule is CCCC(C)(CNC)CN1CCN(C2CCCC2)CC1. The Kier molecular flexibility index (Phi) is 6.31. The van der Waals surface area contributed by atoms with Gasteiger partial charge in [0.15, 0.2) is 0 Å². The van der Waals surface area contributed by atoms with Crippen LogP contribution in [-0.2, 0) is 0 Å². The van der Waals surface area contributed by atoms with Crippen LogP contribution in [0, 0.1) is 5.41 Å². The van der Waals surface area contributed by atoms with Crippen LogP contribution in [0.2, 0.25) is 0 Å². The average molecular weight is 281 g/mol. The van der Waals surface area contributed by atoms with Crippen molar-refractivity contribution >= 4 is 0 Å². The molecule has 1 aliphatic carbocycles. The standard InChI is InChI=1S/C17H35N3/c1-4-9-17(2,14-18-3)15-19-10-12-20(13-11-19)16-7-5-6-8-16/h16,18H,4-15H2,1-3H3. The van der Waals surface area contributed by atoms with Crippen LogP contribution in [-0.4, -0.2) is 62.2 Å². The molecular weight excluding hydrogens is 246 g/mol. The summed E-state index contributed by atoms with van der Waals surface area (Å²) in [5.74, 6) is 0. The molecule has 0 aromatic rings. The van der Waals surface area contributed by atoms with Crippen molar-refractivity contribution in [2.24, 2.45) is 5.41 Å². The van der Waals surface area contributed by atoms with Gasteiger partial charge in [-0.3, -0.25) is 4.90 Å². The lowest BCUT2D eigenvalue weighted by atomic mass is 9.84. The van der Waals surface area contributed by atoms with Gasteiger partial charge in [-0.1, -0.05) is 33.1 Å². The predicted molar refractivity (Wildman–Crippen MR) is 87.2 cm³/mol. The summed E-state index contributed by atoms with van der Waals surface area (Å²) < 4.78 is 0. The van der Waals surface area contributed by atoms with Crippen LogP contribution in [0.4, 0.5) is 0 Å². The molecule has 3 heteroatoms. The first-order valence-electron chi connectivity index (χ1n) is 8.78. The van der Waals surface area contributed by atoms with Gasteiger partial charge in [-0.25, -0.2) is 0 Å². The van der Waals surface area contributed by atoms with E-state index in [0.717, 1.165) is 12.6 Å². The molecular formula is C17H35N3. The highest BCUT2D eigenvalue weighted by Crippen LogP contribution is 2.27. The summed E-state index contributed by atoms with van der Waals surface area (Å²) in [5, 5.41) is 3.40. The largest absolute Gasteiger partial charge is 0.319 e. The lowest BCUT2D eigenvalue weighted by molar-refractivity contribution is 0.0659. The maximum atomic E-state index is 3.40. The Morgan fingerprint density at radius 1 is 1.10 bits per heavy atom. The maximum Gasteiger partial charge on any atom is 0.0113 e. The van der Waals surface area contributed by atoms with Gasteiger partial charge in [0.25, 0.3) is 0 Å². The first-order valence-corrected chi connectivity index (χ1v) is 8.78. The fraction of sp³-hybridized carbons (Fsp3) is 1.00. The van der Waals surface area contributed by atoms with Crippen LogP contribution >= 0.6 is 0 Å². The van der Waals surface area contributed by atoms with E-state index < -0.39 is 0 Å². The minimum Gasteiger partial charge on any atom is -0.319 e. The van der Waals surface area contributed by atoms with E-state index >= 15 is 0 Å². The van der Waals surface area contributed by atoms with Gasteiger partial charge >= 0.3 is 0 Å². The Balaban J connectivity index is 1.77. The van der Waals surface area contributed by atoms with Gasteiger partial charge in [0.1, 0.15) is 0 Å². The van der Waals surface area contributed by atoms with Gasteiger partial charge in [-0.15, -0.1) is 0 Å². The number of piperazine rings is 1. The summed E-state index contributed by atoms with van der Waals surface area (Å²) >= 11 is 0. The van der Waals surface area contributed by atoms with E-state index in [1.165, 1.54) is 71.2 Å². The fourth-order valence-corrected chi connectivity index (χ4v) is 4.35. The minimum atomic E-state index is 0.443. The Hall–Kier alpha value is -0.120. The third kappa shape index (κ3) is 4.44. The molecule has 1 saturated carbocycles. The normalized spacial score (nSPS) is 25.9. The van der Waals surface area contributed by atoms with Crippen LogP contribution in [0.1, 0.15) is 52.4 Å². The monoisotopic (exact) mass is 281 g/mol. The summed E-state index contributed by atoms with van der Waals surface area (Å²) in [6, 6.07) is 0.913. The van der Waals surface area contributed by atoms with Gasteiger partial charge < -0.3 is 10.2 Å². The zero-order chi connectivity index (χ0) is 14.4. The number of rotatable bonds is 7. The smallest absolute Gasteiger partial charge is 0.0113 e. The van der Waals surface area contributed by atoms with E-state index in [1.54, 1.807) is 0 Å². The lowest BCUT2D eigenvalue weighted by Crippen LogP contribution is -2.52. The molecule has 3 nitrogen and oxygen atoms in total. The third-order valence-corrected chi connectivity index (χ3v) is 5.31. The Morgan fingerprint density at radius 3 is 2.30 bits per heavy atom. The summed E-state index contributed by atoms with van der Waals surface area (Å²) in [6.07, 6.45) is 8.45. The maximum absolute atomic E-state index is 3.40. The van der Waals surface area contributed by atoms with Crippen molar-refractivity contribution in [2.75, 3.05) is 46.3 Å². The molecule has 118 valence electrons. The van der Waals surface area contributed by atoms with E-state index in [1.807, 2.05) is 0 Å². The Bertz CT molecular complexity index is 259. The van der Waals surface area contributed by atoms with Crippen molar-refractivity contribution in [2.45, 2.75) is 58.4 Å². The zero-order valence-corrected chi connectivity index (χ0v) is 14.0. The predicted octanol–water partition coefficient (Wildman–Crippen LogP) is 2.57. The Labute approximate surface area is 126 Å². The fourth-order valence-electron chi connectivity index (χ4n) is 4.35. The van der Waals surface area contributed by atoms with E-state index in [0.29, 0.717) is 5.41 Å². The molecule has 0 spiro atoms. The molecule has 1 unspecified atom stereocenters. The van der Waals surface area contributed by atoms with Gasteiger partial charge in [0.2, 0.25) is 0 Å². The molecule has 2 fully saturated rings. The summed E-state index contributed by atoms with van der Waals surface area (Å²) in [6.45, 7) is 12.3. The first kappa shape index (κ1) is 16.3. The molecule has 1 aliphatic heterocycles. The zero-order valence-electron chi connectivity index (χ0n) is 14.0. The highest BCUT2D eigenvalue weighted by atomic mass is 15.3. The summed E-state index contributed by atoms with van der Waals surface area (Å²) in [7, 11) is 2.09. The van der Waals surface area contributed by atoms with Crippen LogP contribution in [0.5, 0.6) is 0 Å². The molecule has 1 atom stereocenters. The van der Waals surface area contributed by atoms with Gasteiger partial charge in [-0.05, 0) is 31.7 Å². The van der Waals surface area contributed by atoms with Crippen molar-refractivity contribution in [3.63, 3.8) is 0 Å². The van der Waals surface area contributed by atoms with Crippen molar-refractivity contribution in [1.82, 2.24) is 15.1 Å². The van der Waals surface area contributed by atoms with E-state index in [4.69, 9.17) is 0 Å². The average Bonchev–Trinajstić information content (AvgIpc) is 2.94. The second-order valence-electron chi connectivity index (χ2n) is 7.34. The highest BCUT2D eigenvalue weighted by Gasteiger charge is 2.30. The summed E-state index contributed by atoms with van der Waals surface area (Å²) in [5.41, 5.74) is 0.443. The van der Waals surface area contributed by atoms with Gasteiger partial charge in [0.05, 0.1) is 0 Å². The first-order chi connectivity index (χ1) is 9.67. The van der Waals surface area contributed by atoms with Crippen LogP contribution in [0.3, 0.4) is 0 Å². The molecule has 2 aliphatic rings. The number of nitrogens with zero attached hydrogens (tertiary/aromatic N) is 2. The Morgan fingerprint density at radius 2 is 1.75 bits per heavy atom. The van der Waals surface area contributed by atoms with E-state index in [9.17, 15) is 0 Å². The molecule has 0 amide bonds. The van der Waals surface area contributed by atoms with E-state index in [2.05, 4.69) is 36.0 Å². The molecule has 0 radical (unpaired) electrons. The topological polar surface area (TPSA) is 18.5 Å². The molecule has 0 aromatic heterocycles. The van der Waals surface area contributed by atoms with Crippen LogP contribution < -0.4 is 5.32 Å².